The Bertz CT molecular complexity index is 752. The molecule has 2 fully saturated rings. The van der Waals surface area contributed by atoms with Crippen molar-refractivity contribution in [3.63, 3.8) is 0 Å². The summed E-state index contributed by atoms with van der Waals surface area (Å²) in [5, 5.41) is 0.294. The maximum absolute atomic E-state index is 14.0. The lowest BCUT2D eigenvalue weighted by Crippen LogP contribution is -3.09. The van der Waals surface area contributed by atoms with Gasteiger partial charge in [0.2, 0.25) is 0 Å². The summed E-state index contributed by atoms with van der Waals surface area (Å²) in [6, 6.07) is 3.63. The van der Waals surface area contributed by atoms with E-state index in [0.29, 0.717) is 15.5 Å². The van der Waals surface area contributed by atoms with Gasteiger partial charge in [-0.3, -0.25) is 14.5 Å². The summed E-state index contributed by atoms with van der Waals surface area (Å²) < 4.78 is 14.0. The Morgan fingerprint density at radius 1 is 1.19 bits per heavy atom. The number of carbonyl (C=O) groups is 3. The SMILES string of the molecule is C[C@@H]1CCCC[C@@H]1N1C(=O)C(=O)N(C[NH+](C)Cc2c(F)cccc2Cl)C1=O. The number of rotatable bonds is 5. The highest BCUT2D eigenvalue weighted by Gasteiger charge is 2.50. The molecule has 1 N–H and O–H groups in total. The van der Waals surface area contributed by atoms with Crippen LogP contribution in [-0.2, 0) is 16.1 Å². The van der Waals surface area contributed by atoms with Crippen molar-refractivity contribution in [2.24, 2.45) is 5.92 Å². The van der Waals surface area contributed by atoms with Crippen LogP contribution in [0.3, 0.4) is 0 Å². The number of urea groups is 1. The van der Waals surface area contributed by atoms with E-state index in [2.05, 4.69) is 0 Å². The smallest absolute Gasteiger partial charge is 0.316 e. The molecule has 0 radical (unpaired) electrons. The van der Waals surface area contributed by atoms with Crippen LogP contribution in [0, 0.1) is 11.7 Å². The van der Waals surface area contributed by atoms with E-state index in [9.17, 15) is 18.8 Å². The first-order chi connectivity index (χ1) is 12.8. The minimum absolute atomic E-state index is 0.0222. The van der Waals surface area contributed by atoms with Crippen LogP contribution in [0.2, 0.25) is 5.02 Å². The molecule has 1 aromatic rings. The molecule has 2 aliphatic rings. The Morgan fingerprint density at radius 2 is 1.89 bits per heavy atom. The van der Waals surface area contributed by atoms with Gasteiger partial charge in [-0.2, -0.15) is 0 Å². The topological polar surface area (TPSA) is 62.1 Å². The third kappa shape index (κ3) is 3.84. The van der Waals surface area contributed by atoms with Crippen molar-refractivity contribution in [2.45, 2.75) is 45.2 Å². The fraction of sp³-hybridized carbons (Fsp3) is 0.526. The van der Waals surface area contributed by atoms with E-state index in [4.69, 9.17) is 11.6 Å². The molecule has 1 saturated carbocycles. The van der Waals surface area contributed by atoms with Crippen LogP contribution in [0.15, 0.2) is 18.2 Å². The number of nitrogens with one attached hydrogen (secondary N) is 1. The van der Waals surface area contributed by atoms with Crippen LogP contribution >= 0.6 is 11.6 Å². The molecule has 3 rings (SSSR count). The van der Waals surface area contributed by atoms with Gasteiger partial charge in [0.15, 0.2) is 6.67 Å². The van der Waals surface area contributed by atoms with Crippen molar-refractivity contribution in [1.82, 2.24) is 9.80 Å². The lowest BCUT2D eigenvalue weighted by Gasteiger charge is -2.34. The summed E-state index contributed by atoms with van der Waals surface area (Å²) >= 11 is 6.05. The lowest BCUT2D eigenvalue weighted by molar-refractivity contribution is -0.901. The Balaban J connectivity index is 1.72. The van der Waals surface area contributed by atoms with Gasteiger partial charge in [-0.25, -0.2) is 14.1 Å². The van der Waals surface area contributed by atoms with Gasteiger partial charge in [-0.05, 0) is 30.9 Å². The van der Waals surface area contributed by atoms with E-state index < -0.39 is 23.7 Å². The molecule has 1 saturated heterocycles. The first-order valence-electron chi connectivity index (χ1n) is 9.24. The van der Waals surface area contributed by atoms with Gasteiger partial charge in [0.05, 0.1) is 17.6 Å². The lowest BCUT2D eigenvalue weighted by atomic mass is 9.85. The number of quaternary nitrogens is 1. The fourth-order valence-corrected chi connectivity index (χ4v) is 4.19. The Kier molecular flexibility index (Phi) is 5.81. The Morgan fingerprint density at radius 3 is 2.56 bits per heavy atom. The second-order valence-electron chi connectivity index (χ2n) is 7.51. The summed E-state index contributed by atoms with van der Waals surface area (Å²) in [5.74, 6) is -1.82. The average Bonchev–Trinajstić information content (AvgIpc) is 2.83. The molecular weight excluding hydrogens is 373 g/mol. The number of hydrogen-bond acceptors (Lipinski definition) is 3. The van der Waals surface area contributed by atoms with Crippen LogP contribution < -0.4 is 4.90 Å². The first-order valence-corrected chi connectivity index (χ1v) is 9.62. The first kappa shape index (κ1) is 19.8. The number of hydrogen-bond donors (Lipinski definition) is 1. The summed E-state index contributed by atoms with van der Waals surface area (Å²) in [5.41, 5.74) is 0.319. The Labute approximate surface area is 162 Å². The molecule has 1 heterocycles. The third-order valence-corrected chi connectivity index (χ3v) is 5.80. The molecule has 6 nitrogen and oxygen atoms in total. The summed E-state index contributed by atoms with van der Waals surface area (Å²) in [4.78, 5) is 40.4. The number of amides is 4. The second kappa shape index (κ2) is 7.94. The van der Waals surface area contributed by atoms with Gasteiger partial charge in [0, 0.05) is 6.04 Å². The van der Waals surface area contributed by atoms with Crippen LogP contribution in [0.5, 0.6) is 0 Å². The quantitative estimate of drug-likeness (QED) is 0.610. The number of imide groups is 2. The van der Waals surface area contributed by atoms with Gasteiger partial charge in [-0.15, -0.1) is 0 Å². The standard InChI is InChI=1S/C19H23ClFN3O3/c1-12-6-3-4-9-16(12)24-18(26)17(25)23(19(24)27)11-22(2)10-13-14(20)7-5-8-15(13)21/h5,7-8,12,16H,3-4,6,9-11H2,1-2H3/p+1/t12-,16+/m1/s1. The van der Waals surface area contributed by atoms with Crippen LogP contribution in [-0.4, -0.2) is 47.4 Å². The van der Waals surface area contributed by atoms with Gasteiger partial charge >= 0.3 is 17.8 Å². The highest BCUT2D eigenvalue weighted by atomic mass is 35.5. The maximum Gasteiger partial charge on any atom is 0.338 e. The number of halogens is 2. The molecule has 0 aromatic heterocycles. The van der Waals surface area contributed by atoms with Crippen molar-refractivity contribution in [2.75, 3.05) is 13.7 Å². The van der Waals surface area contributed by atoms with E-state index in [0.717, 1.165) is 35.5 Å². The second-order valence-corrected chi connectivity index (χ2v) is 7.92. The van der Waals surface area contributed by atoms with Crippen LogP contribution in [0.1, 0.15) is 38.2 Å². The van der Waals surface area contributed by atoms with Gasteiger partial charge in [0.1, 0.15) is 12.4 Å². The minimum atomic E-state index is -0.809. The maximum atomic E-state index is 14.0. The van der Waals surface area contributed by atoms with Crippen LogP contribution in [0.4, 0.5) is 9.18 Å². The normalized spacial score (nSPS) is 24.7. The van der Waals surface area contributed by atoms with Gasteiger partial charge in [0.25, 0.3) is 0 Å². The Hall–Kier alpha value is -1.99. The molecule has 8 heteroatoms. The monoisotopic (exact) mass is 396 g/mol. The van der Waals surface area contributed by atoms with Crippen LogP contribution in [0.25, 0.3) is 0 Å². The summed E-state index contributed by atoms with van der Waals surface area (Å²) in [6.07, 6.45) is 3.68. The average molecular weight is 397 g/mol. The molecule has 0 bridgehead atoms. The summed E-state index contributed by atoms with van der Waals surface area (Å²) in [7, 11) is 1.72. The molecule has 27 heavy (non-hydrogen) atoms. The van der Waals surface area contributed by atoms with Crippen molar-refractivity contribution < 1.29 is 23.7 Å². The molecule has 1 aliphatic carbocycles. The number of carbonyl (C=O) groups excluding carboxylic acids is 3. The summed E-state index contributed by atoms with van der Waals surface area (Å²) in [6.45, 7) is 2.18. The van der Waals surface area contributed by atoms with Crippen molar-refractivity contribution in [3.05, 3.63) is 34.6 Å². The number of benzene rings is 1. The van der Waals surface area contributed by atoms with E-state index >= 15 is 0 Å². The predicted octanol–water partition coefficient (Wildman–Crippen LogP) is 1.82. The van der Waals surface area contributed by atoms with Gasteiger partial charge < -0.3 is 4.90 Å². The zero-order chi connectivity index (χ0) is 19.7. The molecule has 4 amide bonds. The fourth-order valence-electron chi connectivity index (χ4n) is 3.96. The van der Waals surface area contributed by atoms with Crippen molar-refractivity contribution in [1.29, 1.82) is 0 Å². The van der Waals surface area contributed by atoms with E-state index in [1.165, 1.54) is 12.1 Å². The zero-order valence-corrected chi connectivity index (χ0v) is 16.3. The predicted molar refractivity (Wildman–Crippen MR) is 97.4 cm³/mol. The van der Waals surface area contributed by atoms with E-state index in [-0.39, 0.29) is 25.2 Å². The molecule has 1 unspecified atom stereocenters. The minimum Gasteiger partial charge on any atom is -0.316 e. The molecular formula is C19H24ClFN3O3+. The molecule has 1 aliphatic heterocycles. The number of nitrogens with zero attached hydrogens (tertiary/aromatic N) is 2. The molecule has 0 spiro atoms. The molecule has 3 atom stereocenters. The zero-order valence-electron chi connectivity index (χ0n) is 15.5. The van der Waals surface area contributed by atoms with Crippen molar-refractivity contribution >= 4 is 29.4 Å². The van der Waals surface area contributed by atoms with E-state index in [1.54, 1.807) is 13.1 Å². The van der Waals surface area contributed by atoms with E-state index in [1.807, 2.05) is 6.92 Å². The van der Waals surface area contributed by atoms with Gasteiger partial charge in [-0.1, -0.05) is 37.4 Å². The molecule has 146 valence electrons. The third-order valence-electron chi connectivity index (χ3n) is 5.45. The highest BCUT2D eigenvalue weighted by Crippen LogP contribution is 2.31. The highest BCUT2D eigenvalue weighted by molar-refractivity contribution is 6.44. The van der Waals surface area contributed by atoms with Crippen molar-refractivity contribution in [3.8, 4) is 0 Å². The largest absolute Gasteiger partial charge is 0.338 e. The molecule has 1 aromatic carbocycles.